The predicted octanol–water partition coefficient (Wildman–Crippen LogP) is 3.98. The molecule has 0 bridgehead atoms. The van der Waals surface area contributed by atoms with Crippen molar-refractivity contribution >= 4 is 35.3 Å². The number of anilines is 1. The number of ether oxygens (including phenoxy) is 1. The number of carbonyl (C=O) groups is 3. The van der Waals surface area contributed by atoms with E-state index in [9.17, 15) is 28.9 Å². The number of urea groups is 1. The Balaban J connectivity index is 1.64. The number of halogens is 1. The molecule has 170 valence electrons. The number of nitrogens with one attached hydrogen (secondary N) is 1. The molecule has 10 heteroatoms. The van der Waals surface area contributed by atoms with Crippen molar-refractivity contribution in [2.24, 2.45) is 0 Å². The van der Waals surface area contributed by atoms with Gasteiger partial charge in [-0.3, -0.25) is 25.0 Å². The zero-order valence-electron chi connectivity index (χ0n) is 17.4. The van der Waals surface area contributed by atoms with E-state index < -0.39 is 22.8 Å². The SMILES string of the molecule is O=C1NC(=O)N(c2cccc([N+](=O)[O-])c2)C(=O)/C1=C/c1ccccc1OCc1ccc(F)cc1. The maximum Gasteiger partial charge on any atom is 0.335 e. The van der Waals surface area contributed by atoms with Crippen LogP contribution in [-0.4, -0.2) is 22.8 Å². The van der Waals surface area contributed by atoms with Gasteiger partial charge in [-0.1, -0.05) is 36.4 Å². The minimum Gasteiger partial charge on any atom is -0.488 e. The summed E-state index contributed by atoms with van der Waals surface area (Å²) < 4.78 is 18.9. The van der Waals surface area contributed by atoms with E-state index in [1.54, 1.807) is 36.4 Å². The van der Waals surface area contributed by atoms with Crippen LogP contribution in [0.4, 0.5) is 20.6 Å². The number of hydrogen-bond acceptors (Lipinski definition) is 6. The molecule has 1 heterocycles. The Bertz CT molecular complexity index is 1340. The molecule has 4 rings (SSSR count). The molecule has 0 radical (unpaired) electrons. The maximum atomic E-state index is 13.1. The molecule has 4 amide bonds. The third-order valence-electron chi connectivity index (χ3n) is 4.93. The fourth-order valence-corrected chi connectivity index (χ4v) is 3.27. The van der Waals surface area contributed by atoms with E-state index in [4.69, 9.17) is 4.74 Å². The van der Waals surface area contributed by atoms with Crippen LogP contribution >= 0.6 is 0 Å². The molecule has 9 nitrogen and oxygen atoms in total. The van der Waals surface area contributed by atoms with Crippen LogP contribution in [0.1, 0.15) is 11.1 Å². The van der Waals surface area contributed by atoms with Crippen molar-refractivity contribution in [2.45, 2.75) is 6.61 Å². The zero-order valence-corrected chi connectivity index (χ0v) is 17.4. The zero-order chi connectivity index (χ0) is 24.2. The molecule has 1 fully saturated rings. The molecule has 3 aromatic rings. The highest BCUT2D eigenvalue weighted by Crippen LogP contribution is 2.27. The molecular weight excluding hydrogens is 445 g/mol. The third kappa shape index (κ3) is 4.65. The Morgan fingerprint density at radius 3 is 2.47 bits per heavy atom. The van der Waals surface area contributed by atoms with Gasteiger partial charge in [0.1, 0.15) is 23.7 Å². The number of benzene rings is 3. The van der Waals surface area contributed by atoms with Gasteiger partial charge < -0.3 is 4.74 Å². The van der Waals surface area contributed by atoms with Gasteiger partial charge in [0.15, 0.2) is 0 Å². The summed E-state index contributed by atoms with van der Waals surface area (Å²) in [5.41, 5.74) is 0.356. The molecule has 0 aliphatic carbocycles. The second kappa shape index (κ2) is 9.33. The van der Waals surface area contributed by atoms with Crippen LogP contribution in [0.25, 0.3) is 6.08 Å². The van der Waals surface area contributed by atoms with Gasteiger partial charge in [-0.05, 0) is 35.9 Å². The standard InChI is InChI=1S/C24H16FN3O6/c25-17-10-8-15(9-11-17)14-34-21-7-2-1-4-16(21)12-20-22(29)26-24(31)27(23(20)30)18-5-3-6-19(13-18)28(32)33/h1-13H,14H2,(H,26,29,31)/b20-12+. The molecule has 1 N–H and O–H groups in total. The van der Waals surface area contributed by atoms with Crippen LogP contribution in [0.2, 0.25) is 0 Å². The number of hydrogen-bond donors (Lipinski definition) is 1. The van der Waals surface area contributed by atoms with Crippen molar-refractivity contribution in [3.8, 4) is 5.75 Å². The molecule has 0 unspecified atom stereocenters. The summed E-state index contributed by atoms with van der Waals surface area (Å²) in [6, 6.07) is 16.3. The van der Waals surface area contributed by atoms with Gasteiger partial charge in [0, 0.05) is 17.7 Å². The van der Waals surface area contributed by atoms with Gasteiger partial charge in [-0.2, -0.15) is 0 Å². The third-order valence-corrected chi connectivity index (χ3v) is 4.93. The van der Waals surface area contributed by atoms with Crippen LogP contribution in [0.3, 0.4) is 0 Å². The van der Waals surface area contributed by atoms with E-state index in [2.05, 4.69) is 5.32 Å². The summed E-state index contributed by atoms with van der Waals surface area (Å²) in [6.45, 7) is 0.110. The largest absolute Gasteiger partial charge is 0.488 e. The Morgan fingerprint density at radius 2 is 1.74 bits per heavy atom. The lowest BCUT2D eigenvalue weighted by Gasteiger charge is -2.26. The summed E-state index contributed by atoms with van der Waals surface area (Å²) in [7, 11) is 0. The number of nitrogens with zero attached hydrogens (tertiary/aromatic N) is 2. The smallest absolute Gasteiger partial charge is 0.335 e. The van der Waals surface area contributed by atoms with Crippen molar-refractivity contribution in [3.05, 3.63) is 105 Å². The van der Waals surface area contributed by atoms with Gasteiger partial charge in [0.2, 0.25) is 0 Å². The Morgan fingerprint density at radius 1 is 1.00 bits per heavy atom. The van der Waals surface area contributed by atoms with Crippen LogP contribution in [-0.2, 0) is 16.2 Å². The van der Waals surface area contributed by atoms with Crippen molar-refractivity contribution in [3.63, 3.8) is 0 Å². The van der Waals surface area contributed by atoms with E-state index in [1.165, 1.54) is 36.4 Å². The number of non-ortho nitro benzene ring substituents is 1. The summed E-state index contributed by atoms with van der Waals surface area (Å²) in [5, 5.41) is 13.2. The van der Waals surface area contributed by atoms with E-state index in [1.807, 2.05) is 0 Å². The lowest BCUT2D eigenvalue weighted by molar-refractivity contribution is -0.384. The van der Waals surface area contributed by atoms with Gasteiger partial charge in [-0.15, -0.1) is 0 Å². The quantitative estimate of drug-likeness (QED) is 0.257. The molecular formula is C24H16FN3O6. The molecule has 0 spiro atoms. The number of para-hydroxylation sites is 1. The Hall–Kier alpha value is -4.86. The molecule has 0 atom stereocenters. The van der Waals surface area contributed by atoms with Crippen LogP contribution in [0.5, 0.6) is 5.75 Å². The number of imide groups is 2. The minimum atomic E-state index is -1.02. The fourth-order valence-electron chi connectivity index (χ4n) is 3.27. The van der Waals surface area contributed by atoms with Crippen molar-refractivity contribution in [1.29, 1.82) is 0 Å². The van der Waals surface area contributed by atoms with Gasteiger partial charge in [0.05, 0.1) is 10.6 Å². The number of amides is 4. The molecule has 1 saturated heterocycles. The highest BCUT2D eigenvalue weighted by atomic mass is 19.1. The normalized spacial score (nSPS) is 14.8. The maximum absolute atomic E-state index is 13.1. The summed E-state index contributed by atoms with van der Waals surface area (Å²) in [6.07, 6.45) is 1.27. The Kier molecular flexibility index (Phi) is 6.13. The van der Waals surface area contributed by atoms with E-state index in [-0.39, 0.29) is 29.4 Å². The van der Waals surface area contributed by atoms with Crippen LogP contribution in [0.15, 0.2) is 78.4 Å². The molecule has 1 aliphatic heterocycles. The van der Waals surface area contributed by atoms with Crippen LogP contribution < -0.4 is 15.0 Å². The molecule has 3 aromatic carbocycles. The first-order valence-electron chi connectivity index (χ1n) is 9.95. The van der Waals surface area contributed by atoms with Crippen molar-refractivity contribution in [1.82, 2.24) is 5.32 Å². The van der Waals surface area contributed by atoms with Gasteiger partial charge >= 0.3 is 6.03 Å². The minimum absolute atomic E-state index is 0.0593. The van der Waals surface area contributed by atoms with Crippen molar-refractivity contribution in [2.75, 3.05) is 4.90 Å². The molecule has 0 saturated carbocycles. The first-order valence-corrected chi connectivity index (χ1v) is 9.95. The first kappa shape index (κ1) is 22.3. The average Bonchev–Trinajstić information content (AvgIpc) is 2.82. The average molecular weight is 461 g/mol. The summed E-state index contributed by atoms with van der Waals surface area (Å²) in [5.74, 6) is -1.88. The summed E-state index contributed by atoms with van der Waals surface area (Å²) in [4.78, 5) is 49.0. The van der Waals surface area contributed by atoms with Crippen molar-refractivity contribution < 1.29 is 28.4 Å². The monoisotopic (exact) mass is 461 g/mol. The lowest BCUT2D eigenvalue weighted by Crippen LogP contribution is -2.54. The van der Waals surface area contributed by atoms with E-state index in [0.29, 0.717) is 21.8 Å². The second-order valence-electron chi connectivity index (χ2n) is 7.19. The number of nitro groups is 1. The highest BCUT2D eigenvalue weighted by molar-refractivity contribution is 6.39. The molecule has 1 aliphatic rings. The predicted molar refractivity (Wildman–Crippen MR) is 119 cm³/mol. The number of nitro benzene ring substituents is 1. The number of rotatable bonds is 6. The topological polar surface area (TPSA) is 119 Å². The van der Waals surface area contributed by atoms with Crippen LogP contribution in [0, 0.1) is 15.9 Å². The van der Waals surface area contributed by atoms with Gasteiger partial charge in [0.25, 0.3) is 17.5 Å². The molecule has 34 heavy (non-hydrogen) atoms. The molecule has 0 aromatic heterocycles. The highest BCUT2D eigenvalue weighted by Gasteiger charge is 2.37. The number of carbonyl (C=O) groups excluding carboxylic acids is 3. The summed E-state index contributed by atoms with van der Waals surface area (Å²) >= 11 is 0. The Labute approximate surface area is 192 Å². The lowest BCUT2D eigenvalue weighted by atomic mass is 10.1. The fraction of sp³-hybridized carbons (Fsp3) is 0.0417. The van der Waals surface area contributed by atoms with Gasteiger partial charge in [-0.25, -0.2) is 14.1 Å². The van der Waals surface area contributed by atoms with E-state index >= 15 is 0 Å². The van der Waals surface area contributed by atoms with E-state index in [0.717, 1.165) is 6.07 Å². The number of barbiturate groups is 1. The first-order chi connectivity index (χ1) is 16.3. The second-order valence-corrected chi connectivity index (χ2v) is 7.19.